The molecule has 0 bridgehead atoms. The summed E-state index contributed by atoms with van der Waals surface area (Å²) in [5.41, 5.74) is 2.69. The van der Waals surface area contributed by atoms with Crippen LogP contribution in [0.5, 0.6) is 5.75 Å². The number of carbonyl (C=O) groups excluding carboxylic acids is 3. The summed E-state index contributed by atoms with van der Waals surface area (Å²) >= 11 is 0. The van der Waals surface area contributed by atoms with Crippen molar-refractivity contribution in [2.24, 2.45) is 0 Å². The third kappa shape index (κ3) is 4.36. The molecule has 0 radical (unpaired) electrons. The average molecular weight is 402 g/mol. The van der Waals surface area contributed by atoms with E-state index in [-0.39, 0.29) is 11.3 Å². The van der Waals surface area contributed by atoms with Crippen LogP contribution >= 0.6 is 0 Å². The molecule has 2 heterocycles. The van der Waals surface area contributed by atoms with E-state index in [1.165, 1.54) is 5.56 Å². The molecule has 2 aliphatic heterocycles. The first kappa shape index (κ1) is 21.5. The lowest BCUT2D eigenvalue weighted by molar-refractivity contribution is -0.126. The van der Waals surface area contributed by atoms with E-state index < -0.39 is 6.04 Å². The third-order valence-electron chi connectivity index (χ3n) is 6.43. The molecule has 0 aromatic heterocycles. The lowest BCUT2D eigenvalue weighted by atomic mass is 9.69. The van der Waals surface area contributed by atoms with E-state index in [2.05, 4.69) is 16.7 Å². The zero-order valence-electron chi connectivity index (χ0n) is 17.3. The van der Waals surface area contributed by atoms with Crippen LogP contribution in [0, 0.1) is 0 Å². The molecule has 1 amide bonds. The van der Waals surface area contributed by atoms with Crippen LogP contribution < -0.4 is 15.4 Å². The third-order valence-corrected chi connectivity index (χ3v) is 6.43. The van der Waals surface area contributed by atoms with Gasteiger partial charge >= 0.3 is 0 Å². The summed E-state index contributed by atoms with van der Waals surface area (Å²) < 4.78 is 6.11. The minimum Gasteiger partial charge on any atom is -0.493 e. The number of piperidine rings is 1. The molecule has 1 spiro atoms. The highest BCUT2D eigenvalue weighted by Crippen LogP contribution is 2.46. The van der Waals surface area contributed by atoms with Gasteiger partial charge in [0.25, 0.3) is 0 Å². The molecule has 158 valence electrons. The first-order valence-corrected chi connectivity index (χ1v) is 10.4. The summed E-state index contributed by atoms with van der Waals surface area (Å²) in [7, 11) is 3.44. The summed E-state index contributed by atoms with van der Waals surface area (Å²) in [6.07, 6.45) is 5.52. The Morgan fingerprint density at radius 3 is 2.72 bits per heavy atom. The van der Waals surface area contributed by atoms with E-state index >= 15 is 0 Å². The fourth-order valence-electron chi connectivity index (χ4n) is 4.71. The van der Waals surface area contributed by atoms with Gasteiger partial charge in [0.05, 0.1) is 12.6 Å². The standard InChI is InChI=1S/C22H31N3O4/c1-23-21(28)19(4-3-12-26)25(2)14-17-16(15-27)5-6-18-20(17)29-13-9-22(18)7-10-24-11-8-22/h5-6,12,15,19,24H,3-4,7-11,13-14H2,1-2H3,(H,23,28). The first-order valence-electron chi connectivity index (χ1n) is 10.4. The largest absolute Gasteiger partial charge is 0.493 e. The molecule has 1 saturated heterocycles. The maximum absolute atomic E-state index is 12.4. The number of rotatable bonds is 8. The fourth-order valence-corrected chi connectivity index (χ4v) is 4.71. The van der Waals surface area contributed by atoms with Crippen molar-refractivity contribution in [1.29, 1.82) is 0 Å². The number of aldehydes is 2. The number of likely N-dealkylation sites (N-methyl/N-ethyl adjacent to an activating group) is 2. The number of fused-ring (bicyclic) bond motifs is 2. The summed E-state index contributed by atoms with van der Waals surface area (Å²) in [4.78, 5) is 36.9. The molecular formula is C22H31N3O4. The van der Waals surface area contributed by atoms with Crippen LogP contribution in [-0.4, -0.2) is 63.2 Å². The number of ether oxygens (including phenoxy) is 1. The topological polar surface area (TPSA) is 87.7 Å². The van der Waals surface area contributed by atoms with E-state index in [9.17, 15) is 14.4 Å². The quantitative estimate of drug-likeness (QED) is 0.641. The van der Waals surface area contributed by atoms with Gasteiger partial charge in [0.1, 0.15) is 12.0 Å². The van der Waals surface area contributed by atoms with Gasteiger partial charge in [0, 0.05) is 42.1 Å². The highest BCUT2D eigenvalue weighted by molar-refractivity contribution is 5.82. The zero-order chi connectivity index (χ0) is 20.9. The molecule has 2 aliphatic rings. The number of amides is 1. The first-order chi connectivity index (χ1) is 14.1. The Balaban J connectivity index is 1.95. The molecule has 29 heavy (non-hydrogen) atoms. The van der Waals surface area contributed by atoms with Crippen molar-refractivity contribution >= 4 is 18.5 Å². The van der Waals surface area contributed by atoms with Gasteiger partial charge in [-0.05, 0) is 45.8 Å². The second-order valence-corrected chi connectivity index (χ2v) is 8.05. The maximum atomic E-state index is 12.4. The van der Waals surface area contributed by atoms with E-state index in [0.29, 0.717) is 31.6 Å². The number of hydrogen-bond donors (Lipinski definition) is 2. The Labute approximate surface area is 172 Å². The Kier molecular flexibility index (Phi) is 7.03. The average Bonchev–Trinajstić information content (AvgIpc) is 2.75. The SMILES string of the molecule is CNC(=O)C(CCC=O)N(C)Cc1c(C=O)ccc2c1OCCC21CCNCC1. The minimum atomic E-state index is -0.447. The van der Waals surface area contributed by atoms with Gasteiger partial charge in [-0.15, -0.1) is 0 Å². The van der Waals surface area contributed by atoms with Gasteiger partial charge in [-0.2, -0.15) is 0 Å². The van der Waals surface area contributed by atoms with Gasteiger partial charge in [0.15, 0.2) is 6.29 Å². The molecular weight excluding hydrogens is 370 g/mol. The van der Waals surface area contributed by atoms with Crippen LogP contribution in [0.4, 0.5) is 0 Å². The van der Waals surface area contributed by atoms with Crippen molar-refractivity contribution in [3.8, 4) is 5.75 Å². The molecule has 1 atom stereocenters. The Morgan fingerprint density at radius 1 is 1.31 bits per heavy atom. The van der Waals surface area contributed by atoms with Crippen molar-refractivity contribution in [3.63, 3.8) is 0 Å². The number of hydrogen-bond acceptors (Lipinski definition) is 6. The monoisotopic (exact) mass is 401 g/mol. The summed E-state index contributed by atoms with van der Waals surface area (Å²) in [5, 5.41) is 6.11. The highest BCUT2D eigenvalue weighted by atomic mass is 16.5. The van der Waals surface area contributed by atoms with Crippen LogP contribution in [0.2, 0.25) is 0 Å². The predicted octanol–water partition coefficient (Wildman–Crippen LogP) is 1.43. The maximum Gasteiger partial charge on any atom is 0.237 e. The molecule has 1 fully saturated rings. The number of nitrogens with one attached hydrogen (secondary N) is 2. The van der Waals surface area contributed by atoms with Crippen molar-refractivity contribution in [3.05, 3.63) is 28.8 Å². The molecule has 3 rings (SSSR count). The number of carbonyl (C=O) groups is 3. The summed E-state index contributed by atoms with van der Waals surface area (Å²) in [5.74, 6) is 0.670. The molecule has 1 unspecified atom stereocenters. The molecule has 7 nitrogen and oxygen atoms in total. The summed E-state index contributed by atoms with van der Waals surface area (Å²) in [6.45, 7) is 3.00. The lowest BCUT2D eigenvalue weighted by Gasteiger charge is -2.43. The van der Waals surface area contributed by atoms with Gasteiger partial charge in [-0.1, -0.05) is 12.1 Å². The number of nitrogens with zero attached hydrogens (tertiary/aromatic N) is 1. The molecule has 7 heteroatoms. The fraction of sp³-hybridized carbons (Fsp3) is 0.591. The molecule has 2 N–H and O–H groups in total. The Hall–Kier alpha value is -2.25. The van der Waals surface area contributed by atoms with E-state index in [1.807, 2.05) is 18.0 Å². The zero-order valence-corrected chi connectivity index (χ0v) is 17.3. The van der Waals surface area contributed by atoms with Crippen molar-refractivity contribution in [2.75, 3.05) is 33.8 Å². The Morgan fingerprint density at radius 2 is 2.07 bits per heavy atom. The molecule has 1 aromatic rings. The van der Waals surface area contributed by atoms with Crippen LogP contribution in [0.15, 0.2) is 12.1 Å². The molecule has 1 aromatic carbocycles. The van der Waals surface area contributed by atoms with E-state index in [1.54, 1.807) is 7.05 Å². The van der Waals surface area contributed by atoms with Crippen LogP contribution in [0.1, 0.15) is 53.6 Å². The van der Waals surface area contributed by atoms with Gasteiger partial charge in [0.2, 0.25) is 5.91 Å². The Bertz CT molecular complexity index is 759. The van der Waals surface area contributed by atoms with Gasteiger partial charge in [-0.3, -0.25) is 14.5 Å². The minimum absolute atomic E-state index is 0.0886. The predicted molar refractivity (Wildman–Crippen MR) is 110 cm³/mol. The lowest BCUT2D eigenvalue weighted by Crippen LogP contribution is -2.45. The van der Waals surface area contributed by atoms with E-state index in [0.717, 1.165) is 56.2 Å². The van der Waals surface area contributed by atoms with E-state index in [4.69, 9.17) is 4.74 Å². The smallest absolute Gasteiger partial charge is 0.237 e. The molecule has 0 aliphatic carbocycles. The second kappa shape index (κ2) is 9.50. The van der Waals surface area contributed by atoms with Crippen LogP contribution in [0.3, 0.4) is 0 Å². The summed E-state index contributed by atoms with van der Waals surface area (Å²) in [6, 6.07) is 3.49. The van der Waals surface area contributed by atoms with Crippen LogP contribution in [0.25, 0.3) is 0 Å². The van der Waals surface area contributed by atoms with Crippen molar-refractivity contribution in [1.82, 2.24) is 15.5 Å². The van der Waals surface area contributed by atoms with Crippen molar-refractivity contribution in [2.45, 2.75) is 50.1 Å². The highest BCUT2D eigenvalue weighted by Gasteiger charge is 2.40. The normalized spacial score (nSPS) is 18.6. The van der Waals surface area contributed by atoms with Crippen molar-refractivity contribution < 1.29 is 19.1 Å². The van der Waals surface area contributed by atoms with Crippen LogP contribution in [-0.2, 0) is 21.5 Å². The second-order valence-electron chi connectivity index (χ2n) is 8.05. The molecule has 0 saturated carbocycles. The van der Waals surface area contributed by atoms with Gasteiger partial charge in [-0.25, -0.2) is 0 Å². The number of benzene rings is 1. The van der Waals surface area contributed by atoms with Gasteiger partial charge < -0.3 is 20.2 Å².